The summed E-state index contributed by atoms with van der Waals surface area (Å²) in [6, 6.07) is 18.5. The van der Waals surface area contributed by atoms with Crippen LogP contribution in [0, 0.1) is 0 Å². The van der Waals surface area contributed by atoms with Crippen LogP contribution in [0.4, 0.5) is 0 Å². The number of amides is 2. The van der Waals surface area contributed by atoms with Crippen molar-refractivity contribution in [1.82, 2.24) is 10.2 Å². The third-order valence-electron chi connectivity index (χ3n) is 5.66. The SMILES string of the molecule is CCCCNC(=O)[C@@H](CC)N(Cc1ccc(Cl)cc1)C(=O)COc1ccc2ccccc2c1Br. The largest absolute Gasteiger partial charge is 0.483 e. The highest BCUT2D eigenvalue weighted by Crippen LogP contribution is 2.33. The van der Waals surface area contributed by atoms with E-state index in [0.29, 0.717) is 23.7 Å². The zero-order chi connectivity index (χ0) is 24.5. The number of carbonyl (C=O) groups is 2. The number of nitrogens with one attached hydrogen (secondary N) is 1. The Kier molecular flexibility index (Phi) is 9.78. The predicted molar refractivity (Wildman–Crippen MR) is 141 cm³/mol. The third kappa shape index (κ3) is 6.73. The summed E-state index contributed by atoms with van der Waals surface area (Å²) in [5.41, 5.74) is 0.893. The lowest BCUT2D eigenvalue weighted by Crippen LogP contribution is -2.50. The van der Waals surface area contributed by atoms with Gasteiger partial charge in [0.25, 0.3) is 5.91 Å². The van der Waals surface area contributed by atoms with Gasteiger partial charge in [0.05, 0.1) is 4.47 Å². The first kappa shape index (κ1) is 26.0. The van der Waals surface area contributed by atoms with E-state index in [1.165, 1.54) is 0 Å². The number of carbonyl (C=O) groups excluding carboxylic acids is 2. The van der Waals surface area contributed by atoms with E-state index < -0.39 is 6.04 Å². The molecule has 180 valence electrons. The van der Waals surface area contributed by atoms with Crippen molar-refractivity contribution in [2.45, 2.75) is 45.7 Å². The molecule has 0 aromatic heterocycles. The lowest BCUT2D eigenvalue weighted by Gasteiger charge is -2.30. The van der Waals surface area contributed by atoms with Crippen LogP contribution in [-0.2, 0) is 16.1 Å². The van der Waals surface area contributed by atoms with E-state index in [4.69, 9.17) is 16.3 Å². The molecule has 0 aliphatic carbocycles. The normalized spacial score (nSPS) is 11.8. The topological polar surface area (TPSA) is 58.6 Å². The van der Waals surface area contributed by atoms with Gasteiger partial charge in [0.1, 0.15) is 11.8 Å². The lowest BCUT2D eigenvalue weighted by atomic mass is 10.1. The number of nitrogens with zero attached hydrogens (tertiary/aromatic N) is 1. The summed E-state index contributed by atoms with van der Waals surface area (Å²) in [6.07, 6.45) is 2.38. The summed E-state index contributed by atoms with van der Waals surface area (Å²) in [5.74, 6) is 0.177. The van der Waals surface area contributed by atoms with Crippen LogP contribution < -0.4 is 10.1 Å². The van der Waals surface area contributed by atoms with E-state index in [-0.39, 0.29) is 25.0 Å². The van der Waals surface area contributed by atoms with Crippen molar-refractivity contribution >= 4 is 50.1 Å². The molecular weight excluding hydrogens is 516 g/mol. The van der Waals surface area contributed by atoms with Gasteiger partial charge in [-0.05, 0) is 63.3 Å². The molecule has 3 aromatic rings. The van der Waals surface area contributed by atoms with Gasteiger partial charge in [-0.15, -0.1) is 0 Å². The van der Waals surface area contributed by atoms with E-state index in [2.05, 4.69) is 28.2 Å². The molecule has 0 radical (unpaired) electrons. The minimum Gasteiger partial charge on any atom is -0.483 e. The second-order valence-corrected chi connectivity index (χ2v) is 9.33. The van der Waals surface area contributed by atoms with Crippen molar-refractivity contribution in [2.75, 3.05) is 13.2 Å². The Balaban J connectivity index is 1.79. The fourth-order valence-electron chi connectivity index (χ4n) is 3.76. The molecule has 0 fully saturated rings. The predicted octanol–water partition coefficient (Wildman–Crippen LogP) is 6.36. The lowest BCUT2D eigenvalue weighted by molar-refractivity contribution is -0.143. The fraction of sp³-hybridized carbons (Fsp3) is 0.333. The number of hydrogen-bond acceptors (Lipinski definition) is 3. The van der Waals surface area contributed by atoms with Gasteiger partial charge in [-0.3, -0.25) is 9.59 Å². The molecule has 3 rings (SSSR count). The van der Waals surface area contributed by atoms with Crippen LogP contribution in [0.1, 0.15) is 38.7 Å². The summed E-state index contributed by atoms with van der Waals surface area (Å²) in [6.45, 7) is 4.69. The number of benzene rings is 3. The first-order valence-electron chi connectivity index (χ1n) is 11.6. The molecule has 0 aliphatic rings. The minimum atomic E-state index is -0.594. The highest BCUT2D eigenvalue weighted by Gasteiger charge is 2.29. The molecule has 0 unspecified atom stereocenters. The summed E-state index contributed by atoms with van der Waals surface area (Å²) < 4.78 is 6.72. The molecular formula is C27H30BrClN2O3. The molecule has 2 amide bonds. The van der Waals surface area contributed by atoms with Crippen molar-refractivity contribution < 1.29 is 14.3 Å². The summed E-state index contributed by atoms with van der Waals surface area (Å²) in [5, 5.41) is 5.67. The number of unbranched alkanes of at least 4 members (excludes halogenated alkanes) is 1. The van der Waals surface area contributed by atoms with Crippen molar-refractivity contribution in [3.8, 4) is 5.75 Å². The monoisotopic (exact) mass is 544 g/mol. The molecule has 34 heavy (non-hydrogen) atoms. The van der Waals surface area contributed by atoms with Crippen molar-refractivity contribution in [1.29, 1.82) is 0 Å². The Hall–Kier alpha value is -2.57. The number of fused-ring (bicyclic) bond motifs is 1. The highest BCUT2D eigenvalue weighted by molar-refractivity contribution is 9.10. The van der Waals surface area contributed by atoms with Gasteiger partial charge in [0, 0.05) is 18.1 Å². The van der Waals surface area contributed by atoms with Crippen LogP contribution in [0.2, 0.25) is 5.02 Å². The standard InChI is InChI=1S/C27H30BrClN2O3/c1-3-5-16-30-27(33)23(4-2)31(17-19-10-13-21(29)14-11-19)25(32)18-34-24-15-12-20-8-6-7-9-22(20)26(24)28/h6-15,23H,3-5,16-18H2,1-2H3,(H,30,33)/t23-/m1/s1. The Morgan fingerprint density at radius 3 is 2.50 bits per heavy atom. The molecule has 1 atom stereocenters. The Morgan fingerprint density at radius 2 is 1.79 bits per heavy atom. The van der Waals surface area contributed by atoms with Crippen LogP contribution in [0.25, 0.3) is 10.8 Å². The summed E-state index contributed by atoms with van der Waals surface area (Å²) in [7, 11) is 0. The molecule has 3 aromatic carbocycles. The maximum atomic E-state index is 13.4. The first-order chi connectivity index (χ1) is 16.4. The van der Waals surface area contributed by atoms with Crippen molar-refractivity contribution in [3.05, 3.63) is 75.7 Å². The number of ether oxygens (including phenoxy) is 1. The highest BCUT2D eigenvalue weighted by atomic mass is 79.9. The maximum absolute atomic E-state index is 13.4. The third-order valence-corrected chi connectivity index (χ3v) is 6.73. The van der Waals surface area contributed by atoms with Gasteiger partial charge in [-0.25, -0.2) is 0 Å². The first-order valence-corrected chi connectivity index (χ1v) is 12.7. The van der Waals surface area contributed by atoms with E-state index in [9.17, 15) is 9.59 Å². The van der Waals surface area contributed by atoms with Crippen molar-refractivity contribution in [3.63, 3.8) is 0 Å². The fourth-order valence-corrected chi connectivity index (χ4v) is 4.49. The van der Waals surface area contributed by atoms with Crippen LogP contribution >= 0.6 is 27.5 Å². The Morgan fingerprint density at radius 1 is 1.06 bits per heavy atom. The molecule has 0 saturated carbocycles. The number of hydrogen-bond donors (Lipinski definition) is 1. The van der Waals surface area contributed by atoms with E-state index in [0.717, 1.165) is 33.7 Å². The smallest absolute Gasteiger partial charge is 0.261 e. The van der Waals surface area contributed by atoms with E-state index >= 15 is 0 Å². The second-order valence-electron chi connectivity index (χ2n) is 8.10. The average Bonchev–Trinajstić information content (AvgIpc) is 2.85. The zero-order valence-corrected chi connectivity index (χ0v) is 21.9. The summed E-state index contributed by atoms with van der Waals surface area (Å²) in [4.78, 5) is 27.9. The number of rotatable bonds is 11. The molecule has 0 bridgehead atoms. The average molecular weight is 546 g/mol. The molecule has 1 N–H and O–H groups in total. The van der Waals surface area contributed by atoms with Crippen LogP contribution in [0.15, 0.2) is 65.1 Å². The Bertz CT molecular complexity index is 1120. The van der Waals surface area contributed by atoms with Crippen LogP contribution in [-0.4, -0.2) is 35.9 Å². The second kappa shape index (κ2) is 12.8. The van der Waals surface area contributed by atoms with Gasteiger partial charge in [-0.2, -0.15) is 0 Å². The van der Waals surface area contributed by atoms with Crippen molar-refractivity contribution in [2.24, 2.45) is 0 Å². The van der Waals surface area contributed by atoms with Gasteiger partial charge in [-0.1, -0.05) is 74.3 Å². The van der Waals surface area contributed by atoms with Gasteiger partial charge >= 0.3 is 0 Å². The van der Waals surface area contributed by atoms with Gasteiger partial charge < -0.3 is 15.0 Å². The molecule has 0 heterocycles. The molecule has 5 nitrogen and oxygen atoms in total. The minimum absolute atomic E-state index is 0.148. The van der Waals surface area contributed by atoms with E-state index in [1.54, 1.807) is 17.0 Å². The Labute approximate surface area is 214 Å². The molecule has 7 heteroatoms. The molecule has 0 saturated heterocycles. The number of halogens is 2. The summed E-state index contributed by atoms with van der Waals surface area (Å²) >= 11 is 9.63. The molecule has 0 aliphatic heterocycles. The van der Waals surface area contributed by atoms with Crippen LogP contribution in [0.3, 0.4) is 0 Å². The van der Waals surface area contributed by atoms with Crippen LogP contribution in [0.5, 0.6) is 5.75 Å². The van der Waals surface area contributed by atoms with Gasteiger partial charge in [0.2, 0.25) is 5.91 Å². The zero-order valence-electron chi connectivity index (χ0n) is 19.5. The quantitative estimate of drug-likeness (QED) is 0.285. The maximum Gasteiger partial charge on any atom is 0.261 e. The van der Waals surface area contributed by atoms with E-state index in [1.807, 2.05) is 55.5 Å². The molecule has 0 spiro atoms. The van der Waals surface area contributed by atoms with Gasteiger partial charge in [0.15, 0.2) is 6.61 Å².